The van der Waals surface area contributed by atoms with Crippen molar-refractivity contribution in [1.29, 1.82) is 0 Å². The van der Waals surface area contributed by atoms with Crippen molar-refractivity contribution in [3.05, 3.63) is 87.2 Å². The van der Waals surface area contributed by atoms with Gasteiger partial charge in [-0.3, -0.25) is 9.59 Å². The molecule has 2 amide bonds. The van der Waals surface area contributed by atoms with Crippen LogP contribution < -0.4 is 10.2 Å². The molecular weight excluding hydrogens is 444 g/mol. The van der Waals surface area contributed by atoms with Gasteiger partial charge in [0, 0.05) is 12.1 Å². The zero-order chi connectivity index (χ0) is 20.3. The molecule has 0 spiro atoms. The lowest BCUT2D eigenvalue weighted by Gasteiger charge is -2.21. The van der Waals surface area contributed by atoms with E-state index < -0.39 is 0 Å². The molecule has 5 nitrogen and oxygen atoms in total. The van der Waals surface area contributed by atoms with E-state index in [9.17, 15) is 9.59 Å². The third-order valence-electron chi connectivity index (χ3n) is 4.29. The van der Waals surface area contributed by atoms with E-state index in [4.69, 9.17) is 16.0 Å². The van der Waals surface area contributed by atoms with E-state index in [0.717, 1.165) is 5.56 Å². The predicted molar refractivity (Wildman–Crippen MR) is 113 cm³/mol. The first-order valence-corrected chi connectivity index (χ1v) is 9.72. The van der Waals surface area contributed by atoms with Gasteiger partial charge in [0.05, 0.1) is 17.3 Å². The summed E-state index contributed by atoms with van der Waals surface area (Å²) in [5, 5.41) is 3.56. The second kappa shape index (κ2) is 8.63. The largest absolute Gasteiger partial charge is 0.444 e. The van der Waals surface area contributed by atoms with Gasteiger partial charge >= 0.3 is 0 Å². The molecule has 1 N–H and O–H groups in total. The number of rotatable bonds is 5. The fraction of sp³-hybridized carbons (Fsp3) is 0.143. The Hall–Kier alpha value is -2.57. The Bertz CT molecular complexity index is 1020. The highest BCUT2D eigenvalue weighted by Gasteiger charge is 2.22. The maximum atomic E-state index is 12.9. The number of halogens is 2. The zero-order valence-electron chi connectivity index (χ0n) is 15.3. The van der Waals surface area contributed by atoms with Crippen molar-refractivity contribution < 1.29 is 14.0 Å². The third-order valence-corrected chi connectivity index (χ3v) is 4.96. The molecule has 0 saturated carbocycles. The molecule has 28 heavy (non-hydrogen) atoms. The number of carbonyl (C=O) groups is 2. The van der Waals surface area contributed by atoms with Crippen LogP contribution in [0.5, 0.6) is 0 Å². The van der Waals surface area contributed by atoms with Crippen molar-refractivity contribution >= 4 is 45.0 Å². The van der Waals surface area contributed by atoms with Gasteiger partial charge in [-0.2, -0.15) is 0 Å². The molecule has 1 unspecified atom stereocenters. The molecule has 0 radical (unpaired) electrons. The molecule has 3 aromatic rings. The van der Waals surface area contributed by atoms with Crippen LogP contribution >= 0.6 is 27.5 Å². The van der Waals surface area contributed by atoms with Crippen molar-refractivity contribution in [3.63, 3.8) is 0 Å². The highest BCUT2D eigenvalue weighted by atomic mass is 79.9. The minimum Gasteiger partial charge on any atom is -0.444 e. The molecule has 0 bridgehead atoms. The number of benzene rings is 2. The average molecular weight is 462 g/mol. The van der Waals surface area contributed by atoms with Crippen molar-refractivity contribution in [2.24, 2.45) is 0 Å². The number of para-hydroxylation sites is 1. The number of hydrogen-bond acceptors (Lipinski definition) is 3. The van der Waals surface area contributed by atoms with Crippen LogP contribution in [0.1, 0.15) is 39.4 Å². The second-order valence-electron chi connectivity index (χ2n) is 6.24. The fourth-order valence-electron chi connectivity index (χ4n) is 2.80. The number of furan rings is 1. The maximum absolute atomic E-state index is 12.9. The molecule has 1 aromatic heterocycles. The minimum absolute atomic E-state index is 0.178. The molecule has 0 fully saturated rings. The number of hydrogen-bond donors (Lipinski definition) is 1. The highest BCUT2D eigenvalue weighted by Crippen LogP contribution is 2.24. The standard InChI is InChI=1S/C21H18BrClN2O3/c1-13(14-6-5-7-15(23)12-14)24-20(26)16-8-3-4-9-17(16)25(2)21(27)18-10-11-19(22)28-18/h3-13H,1-2H3,(H,24,26). The Morgan fingerprint density at radius 1 is 1.11 bits per heavy atom. The topological polar surface area (TPSA) is 62.6 Å². The smallest absolute Gasteiger partial charge is 0.293 e. The minimum atomic E-state index is -0.353. The molecule has 3 rings (SSSR count). The summed E-state index contributed by atoms with van der Waals surface area (Å²) in [7, 11) is 1.60. The SMILES string of the molecule is CC(NC(=O)c1ccccc1N(C)C(=O)c1ccc(Br)o1)c1cccc(Cl)c1. The first-order valence-electron chi connectivity index (χ1n) is 8.55. The normalized spacial score (nSPS) is 11.7. The summed E-state index contributed by atoms with van der Waals surface area (Å²) in [6.45, 7) is 1.88. The maximum Gasteiger partial charge on any atom is 0.293 e. The van der Waals surface area contributed by atoms with Crippen LogP contribution in [0, 0.1) is 0 Å². The van der Waals surface area contributed by atoms with Crippen molar-refractivity contribution in [2.45, 2.75) is 13.0 Å². The number of nitrogens with one attached hydrogen (secondary N) is 1. The molecule has 2 aromatic carbocycles. The van der Waals surface area contributed by atoms with Crippen LogP contribution in [0.4, 0.5) is 5.69 Å². The van der Waals surface area contributed by atoms with Crippen molar-refractivity contribution in [3.8, 4) is 0 Å². The molecule has 7 heteroatoms. The Labute approximate surface area is 176 Å². The van der Waals surface area contributed by atoms with Gasteiger partial charge in [-0.05, 0) is 64.8 Å². The zero-order valence-corrected chi connectivity index (χ0v) is 17.6. The summed E-state index contributed by atoms with van der Waals surface area (Å²) in [4.78, 5) is 27.0. The summed E-state index contributed by atoms with van der Waals surface area (Å²) in [5.41, 5.74) is 1.76. The molecule has 1 heterocycles. The van der Waals surface area contributed by atoms with Gasteiger partial charge in [-0.1, -0.05) is 35.9 Å². The van der Waals surface area contributed by atoms with Crippen LogP contribution in [-0.2, 0) is 0 Å². The Morgan fingerprint density at radius 2 is 1.86 bits per heavy atom. The van der Waals surface area contributed by atoms with Gasteiger partial charge in [0.15, 0.2) is 10.4 Å². The van der Waals surface area contributed by atoms with Crippen LogP contribution in [0.25, 0.3) is 0 Å². The van der Waals surface area contributed by atoms with E-state index in [0.29, 0.717) is 20.9 Å². The second-order valence-corrected chi connectivity index (χ2v) is 7.45. The summed E-state index contributed by atoms with van der Waals surface area (Å²) in [5.74, 6) is -0.464. The summed E-state index contributed by atoms with van der Waals surface area (Å²) in [6.07, 6.45) is 0. The van der Waals surface area contributed by atoms with E-state index in [1.54, 1.807) is 49.5 Å². The average Bonchev–Trinajstić information content (AvgIpc) is 3.13. The van der Waals surface area contributed by atoms with Gasteiger partial charge in [0.1, 0.15) is 0 Å². The lowest BCUT2D eigenvalue weighted by atomic mass is 10.1. The molecule has 0 aliphatic carbocycles. The summed E-state index contributed by atoms with van der Waals surface area (Å²) in [6, 6.07) is 17.2. The predicted octanol–water partition coefficient (Wildman–Crippen LogP) is 5.46. The molecule has 144 valence electrons. The number of carbonyl (C=O) groups excluding carboxylic acids is 2. The monoisotopic (exact) mass is 460 g/mol. The highest BCUT2D eigenvalue weighted by molar-refractivity contribution is 9.10. The number of nitrogens with zero attached hydrogens (tertiary/aromatic N) is 1. The van der Waals surface area contributed by atoms with E-state index in [2.05, 4.69) is 21.2 Å². The molecule has 1 atom stereocenters. The van der Waals surface area contributed by atoms with Crippen LogP contribution in [-0.4, -0.2) is 18.9 Å². The number of amides is 2. The Morgan fingerprint density at radius 3 is 2.54 bits per heavy atom. The van der Waals surface area contributed by atoms with Crippen LogP contribution in [0.15, 0.2) is 69.8 Å². The third kappa shape index (κ3) is 4.46. The lowest BCUT2D eigenvalue weighted by molar-refractivity contribution is 0.0940. The van der Waals surface area contributed by atoms with Gasteiger partial charge in [0.2, 0.25) is 0 Å². The first kappa shape index (κ1) is 20.2. The summed E-state index contributed by atoms with van der Waals surface area (Å²) < 4.78 is 5.80. The van der Waals surface area contributed by atoms with Crippen LogP contribution in [0.2, 0.25) is 5.02 Å². The quantitative estimate of drug-likeness (QED) is 0.548. The van der Waals surface area contributed by atoms with Gasteiger partial charge in [-0.15, -0.1) is 0 Å². The molecule has 0 saturated heterocycles. The number of anilines is 1. The van der Waals surface area contributed by atoms with E-state index in [1.165, 1.54) is 4.90 Å². The van der Waals surface area contributed by atoms with Gasteiger partial charge < -0.3 is 14.6 Å². The fourth-order valence-corrected chi connectivity index (χ4v) is 3.30. The lowest BCUT2D eigenvalue weighted by Crippen LogP contribution is -2.31. The Kier molecular flexibility index (Phi) is 6.21. The molecular formula is C21H18BrClN2O3. The Balaban J connectivity index is 1.83. The van der Waals surface area contributed by atoms with E-state index in [1.807, 2.05) is 25.1 Å². The van der Waals surface area contributed by atoms with Crippen molar-refractivity contribution in [1.82, 2.24) is 5.32 Å². The molecule has 0 aliphatic heterocycles. The van der Waals surface area contributed by atoms with Crippen molar-refractivity contribution in [2.75, 3.05) is 11.9 Å². The van der Waals surface area contributed by atoms with Gasteiger partial charge in [0.25, 0.3) is 11.8 Å². The first-order chi connectivity index (χ1) is 13.4. The van der Waals surface area contributed by atoms with Crippen LogP contribution in [0.3, 0.4) is 0 Å². The van der Waals surface area contributed by atoms with Gasteiger partial charge in [-0.25, -0.2) is 0 Å². The summed E-state index contributed by atoms with van der Waals surface area (Å²) >= 11 is 9.22. The van der Waals surface area contributed by atoms with E-state index in [-0.39, 0.29) is 23.6 Å². The van der Waals surface area contributed by atoms with E-state index >= 15 is 0 Å². The molecule has 0 aliphatic rings.